The average Bonchev–Trinajstić information content (AvgIpc) is 3.32. The summed E-state index contributed by atoms with van der Waals surface area (Å²) in [5, 5.41) is 3.00. The zero-order chi connectivity index (χ0) is 15.0. The number of nitrogens with zero attached hydrogens (tertiary/aromatic N) is 1. The third kappa shape index (κ3) is 2.68. The van der Waals surface area contributed by atoms with E-state index in [1.165, 1.54) is 0 Å². The van der Waals surface area contributed by atoms with E-state index in [1.54, 1.807) is 0 Å². The summed E-state index contributed by atoms with van der Waals surface area (Å²) < 4.78 is 5.55. The first-order valence-corrected chi connectivity index (χ1v) is 8.29. The van der Waals surface area contributed by atoms with Crippen LogP contribution >= 0.6 is 0 Å². The monoisotopic (exact) mass is 294 g/mol. The van der Waals surface area contributed by atoms with Gasteiger partial charge in [-0.3, -0.25) is 9.59 Å². The van der Waals surface area contributed by atoms with E-state index in [2.05, 4.69) is 12.2 Å². The molecule has 0 aromatic carbocycles. The van der Waals surface area contributed by atoms with Gasteiger partial charge in [0.05, 0.1) is 6.61 Å². The van der Waals surface area contributed by atoms with Crippen LogP contribution in [0.5, 0.6) is 0 Å². The third-order valence-corrected chi connectivity index (χ3v) is 5.11. The van der Waals surface area contributed by atoms with Crippen LogP contribution in [0.4, 0.5) is 0 Å². The second-order valence-corrected chi connectivity index (χ2v) is 6.81. The molecule has 3 aliphatic rings. The van der Waals surface area contributed by atoms with Crippen molar-refractivity contribution in [2.45, 2.75) is 57.5 Å². The van der Waals surface area contributed by atoms with Crippen molar-refractivity contribution in [1.82, 2.24) is 10.2 Å². The molecule has 5 nitrogen and oxygen atoms in total. The van der Waals surface area contributed by atoms with Gasteiger partial charge in [-0.15, -0.1) is 0 Å². The molecular weight excluding hydrogens is 268 g/mol. The molecule has 0 spiro atoms. The van der Waals surface area contributed by atoms with Gasteiger partial charge < -0.3 is 15.0 Å². The summed E-state index contributed by atoms with van der Waals surface area (Å²) in [7, 11) is 0. The largest absolute Gasteiger partial charge is 0.380 e. The maximum Gasteiger partial charge on any atom is 0.246 e. The molecule has 1 heterocycles. The second-order valence-electron chi connectivity index (χ2n) is 6.81. The van der Waals surface area contributed by atoms with E-state index in [4.69, 9.17) is 4.74 Å². The Kier molecular flexibility index (Phi) is 3.95. The van der Waals surface area contributed by atoms with Crippen molar-refractivity contribution in [3.8, 4) is 0 Å². The Morgan fingerprint density at radius 1 is 1.24 bits per heavy atom. The topological polar surface area (TPSA) is 58.6 Å². The van der Waals surface area contributed by atoms with Crippen molar-refractivity contribution in [3.63, 3.8) is 0 Å². The molecule has 2 saturated carbocycles. The number of carbonyl (C=O) groups is 2. The maximum absolute atomic E-state index is 12.8. The summed E-state index contributed by atoms with van der Waals surface area (Å²) in [6.07, 6.45) is 5.16. The molecule has 118 valence electrons. The summed E-state index contributed by atoms with van der Waals surface area (Å²) in [6.45, 7) is 5.76. The summed E-state index contributed by atoms with van der Waals surface area (Å²) in [6, 6.07) is -0.296. The fourth-order valence-electron chi connectivity index (χ4n) is 3.41. The van der Waals surface area contributed by atoms with Crippen LogP contribution in [0.3, 0.4) is 0 Å². The van der Waals surface area contributed by atoms with Crippen LogP contribution in [0.25, 0.3) is 0 Å². The quantitative estimate of drug-likeness (QED) is 0.720. The van der Waals surface area contributed by atoms with Gasteiger partial charge in [0.15, 0.2) is 0 Å². The predicted octanol–water partition coefficient (Wildman–Crippen LogP) is 1.32. The maximum atomic E-state index is 12.8. The zero-order valence-electron chi connectivity index (χ0n) is 13.1. The highest BCUT2D eigenvalue weighted by atomic mass is 16.5. The summed E-state index contributed by atoms with van der Waals surface area (Å²) in [4.78, 5) is 27.3. The van der Waals surface area contributed by atoms with E-state index in [-0.39, 0.29) is 17.9 Å². The second kappa shape index (κ2) is 5.59. The number of carbonyl (C=O) groups excluding carboxylic acids is 2. The first-order valence-electron chi connectivity index (χ1n) is 8.29. The number of amides is 2. The molecule has 2 atom stereocenters. The highest BCUT2D eigenvalue weighted by Gasteiger charge is 2.58. The molecule has 5 heteroatoms. The fraction of sp³-hybridized carbons (Fsp3) is 0.875. The first-order chi connectivity index (χ1) is 10.1. The Balaban J connectivity index is 1.74. The van der Waals surface area contributed by atoms with E-state index in [1.807, 2.05) is 11.8 Å². The molecule has 0 radical (unpaired) electrons. The van der Waals surface area contributed by atoms with Crippen molar-refractivity contribution in [1.29, 1.82) is 0 Å². The number of ether oxygens (including phenoxy) is 1. The van der Waals surface area contributed by atoms with E-state index in [0.717, 1.165) is 32.1 Å². The number of nitrogens with one attached hydrogen (secondary N) is 1. The van der Waals surface area contributed by atoms with Crippen molar-refractivity contribution >= 4 is 11.8 Å². The Morgan fingerprint density at radius 3 is 2.52 bits per heavy atom. The van der Waals surface area contributed by atoms with Gasteiger partial charge >= 0.3 is 0 Å². The van der Waals surface area contributed by atoms with Crippen LogP contribution in [-0.4, -0.2) is 48.1 Å². The molecule has 3 rings (SSSR count). The lowest BCUT2D eigenvalue weighted by Gasteiger charge is -2.46. The lowest BCUT2D eigenvalue weighted by molar-refractivity contribution is -0.159. The standard InChI is InChI=1S/C16H26N2O3/c1-3-9-21-10-8-18-14(19)13(11-4-5-11)17-15(20)16(18,2)12-6-7-12/h11-13H,3-10H2,1-2H3,(H,17,20). The van der Waals surface area contributed by atoms with Gasteiger partial charge in [0.1, 0.15) is 11.6 Å². The van der Waals surface area contributed by atoms with Crippen molar-refractivity contribution in [3.05, 3.63) is 0 Å². The molecule has 1 saturated heterocycles. The van der Waals surface area contributed by atoms with Gasteiger partial charge in [0.2, 0.25) is 11.8 Å². The Morgan fingerprint density at radius 2 is 1.95 bits per heavy atom. The molecule has 1 N–H and O–H groups in total. The zero-order valence-corrected chi connectivity index (χ0v) is 13.1. The van der Waals surface area contributed by atoms with Crippen LogP contribution in [0.15, 0.2) is 0 Å². The minimum absolute atomic E-state index is 0.0389. The van der Waals surface area contributed by atoms with Crippen LogP contribution in [0.2, 0.25) is 0 Å². The SMILES string of the molecule is CCCOCCN1C(=O)C(C2CC2)NC(=O)C1(C)C1CC1. The number of hydrogen-bond donors (Lipinski definition) is 1. The fourth-order valence-corrected chi connectivity index (χ4v) is 3.41. The number of hydrogen-bond acceptors (Lipinski definition) is 3. The van der Waals surface area contributed by atoms with Gasteiger partial charge in [0.25, 0.3) is 0 Å². The lowest BCUT2D eigenvalue weighted by atomic mass is 9.87. The smallest absolute Gasteiger partial charge is 0.246 e. The molecule has 0 aromatic heterocycles. The minimum Gasteiger partial charge on any atom is -0.380 e. The predicted molar refractivity (Wildman–Crippen MR) is 78.6 cm³/mol. The third-order valence-electron chi connectivity index (χ3n) is 5.11. The van der Waals surface area contributed by atoms with E-state index in [0.29, 0.717) is 31.6 Å². The minimum atomic E-state index is -0.669. The molecule has 3 fully saturated rings. The summed E-state index contributed by atoms with van der Waals surface area (Å²) in [5.41, 5.74) is -0.669. The van der Waals surface area contributed by atoms with Crippen LogP contribution < -0.4 is 5.32 Å². The Hall–Kier alpha value is -1.10. The molecule has 2 unspecified atom stereocenters. The van der Waals surface area contributed by atoms with Crippen LogP contribution in [0, 0.1) is 11.8 Å². The molecule has 21 heavy (non-hydrogen) atoms. The van der Waals surface area contributed by atoms with Crippen LogP contribution in [0.1, 0.15) is 46.0 Å². The van der Waals surface area contributed by atoms with Gasteiger partial charge in [-0.2, -0.15) is 0 Å². The van der Waals surface area contributed by atoms with Crippen molar-refractivity contribution in [2.75, 3.05) is 19.8 Å². The molecule has 0 bridgehead atoms. The van der Waals surface area contributed by atoms with Crippen molar-refractivity contribution < 1.29 is 14.3 Å². The lowest BCUT2D eigenvalue weighted by Crippen LogP contribution is -2.71. The summed E-state index contributed by atoms with van der Waals surface area (Å²) in [5.74, 6) is 0.806. The van der Waals surface area contributed by atoms with E-state index in [9.17, 15) is 9.59 Å². The molecule has 0 aromatic rings. The van der Waals surface area contributed by atoms with Gasteiger partial charge in [-0.25, -0.2) is 0 Å². The normalized spacial score (nSPS) is 33.2. The van der Waals surface area contributed by atoms with Gasteiger partial charge in [0, 0.05) is 13.2 Å². The molecule has 2 aliphatic carbocycles. The molecular formula is C16H26N2O3. The van der Waals surface area contributed by atoms with E-state index >= 15 is 0 Å². The highest BCUT2D eigenvalue weighted by Crippen LogP contribution is 2.46. The van der Waals surface area contributed by atoms with E-state index < -0.39 is 5.54 Å². The highest BCUT2D eigenvalue weighted by molar-refractivity contribution is 6.00. The Bertz CT molecular complexity index is 431. The molecule has 2 amide bonds. The summed E-state index contributed by atoms with van der Waals surface area (Å²) >= 11 is 0. The van der Waals surface area contributed by atoms with Crippen molar-refractivity contribution in [2.24, 2.45) is 11.8 Å². The molecule has 1 aliphatic heterocycles. The number of rotatable bonds is 7. The average molecular weight is 294 g/mol. The number of piperazine rings is 1. The first kappa shape index (κ1) is 14.8. The van der Waals surface area contributed by atoms with Gasteiger partial charge in [-0.05, 0) is 50.9 Å². The Labute approximate surface area is 126 Å². The van der Waals surface area contributed by atoms with Crippen LogP contribution in [-0.2, 0) is 14.3 Å². The van der Waals surface area contributed by atoms with Gasteiger partial charge in [-0.1, -0.05) is 6.92 Å².